The van der Waals surface area contributed by atoms with E-state index in [1.54, 1.807) is 29.6 Å². The van der Waals surface area contributed by atoms with Gasteiger partial charge in [0.25, 0.3) is 0 Å². The van der Waals surface area contributed by atoms with Crippen molar-refractivity contribution in [1.82, 2.24) is 0 Å². The SMILES string of the molecule is CC(C)c1c(O)c(O)cc2c1Sc1ccccc1S2. The Bertz CT molecular complexity index is 651. The van der Waals surface area contributed by atoms with Gasteiger partial charge in [-0.05, 0) is 24.1 Å². The van der Waals surface area contributed by atoms with Gasteiger partial charge in [0.1, 0.15) is 0 Å². The van der Waals surface area contributed by atoms with E-state index in [1.165, 1.54) is 9.79 Å². The molecule has 0 amide bonds. The van der Waals surface area contributed by atoms with Gasteiger partial charge in [-0.2, -0.15) is 0 Å². The summed E-state index contributed by atoms with van der Waals surface area (Å²) in [6, 6.07) is 9.86. The molecule has 98 valence electrons. The van der Waals surface area contributed by atoms with Gasteiger partial charge in [-0.3, -0.25) is 0 Å². The Morgan fingerprint density at radius 1 is 0.947 bits per heavy atom. The summed E-state index contributed by atoms with van der Waals surface area (Å²) < 4.78 is 0. The fourth-order valence-corrected chi connectivity index (χ4v) is 4.76. The van der Waals surface area contributed by atoms with E-state index in [0.29, 0.717) is 0 Å². The molecule has 1 heterocycles. The maximum atomic E-state index is 10.1. The number of benzene rings is 2. The van der Waals surface area contributed by atoms with Gasteiger partial charge in [-0.25, -0.2) is 0 Å². The van der Waals surface area contributed by atoms with Gasteiger partial charge in [0.05, 0.1) is 0 Å². The molecule has 2 aromatic rings. The fourth-order valence-electron chi connectivity index (χ4n) is 2.20. The second-order valence-electron chi connectivity index (χ2n) is 4.79. The number of fused-ring (bicyclic) bond motifs is 2. The quantitative estimate of drug-likeness (QED) is 0.629. The molecule has 0 spiro atoms. The standard InChI is InChI=1S/C15H14O2S2/c1-8(2)13-14(17)9(16)7-12-15(13)19-11-6-4-3-5-10(11)18-12/h3-8,16-17H,1-2H3. The van der Waals surface area contributed by atoms with Crippen LogP contribution in [-0.4, -0.2) is 10.2 Å². The topological polar surface area (TPSA) is 40.5 Å². The molecule has 3 rings (SSSR count). The lowest BCUT2D eigenvalue weighted by Crippen LogP contribution is -1.98. The van der Waals surface area contributed by atoms with Crippen molar-refractivity contribution in [2.75, 3.05) is 0 Å². The summed E-state index contributed by atoms with van der Waals surface area (Å²) in [6.07, 6.45) is 0. The Labute approximate surface area is 120 Å². The van der Waals surface area contributed by atoms with Gasteiger partial charge in [-0.1, -0.05) is 49.5 Å². The van der Waals surface area contributed by atoms with Crippen molar-refractivity contribution in [2.45, 2.75) is 39.3 Å². The van der Waals surface area contributed by atoms with E-state index in [9.17, 15) is 10.2 Å². The van der Waals surface area contributed by atoms with Gasteiger partial charge in [0.2, 0.25) is 0 Å². The van der Waals surface area contributed by atoms with E-state index in [0.717, 1.165) is 15.4 Å². The molecule has 19 heavy (non-hydrogen) atoms. The van der Waals surface area contributed by atoms with Crippen molar-refractivity contribution in [2.24, 2.45) is 0 Å². The summed E-state index contributed by atoms with van der Waals surface area (Å²) in [5, 5.41) is 20.0. The van der Waals surface area contributed by atoms with Gasteiger partial charge in [0, 0.05) is 25.1 Å². The summed E-state index contributed by atoms with van der Waals surface area (Å²) in [5.41, 5.74) is 0.835. The molecule has 0 saturated heterocycles. The zero-order chi connectivity index (χ0) is 13.6. The second kappa shape index (κ2) is 4.69. The third-order valence-corrected chi connectivity index (χ3v) is 5.69. The fraction of sp³-hybridized carbons (Fsp3) is 0.200. The van der Waals surface area contributed by atoms with Crippen LogP contribution < -0.4 is 0 Å². The predicted octanol–water partition coefficient (Wildman–Crippen LogP) is 4.84. The third-order valence-electron chi connectivity index (χ3n) is 3.09. The molecule has 2 nitrogen and oxygen atoms in total. The summed E-state index contributed by atoms with van der Waals surface area (Å²) in [6.45, 7) is 4.06. The highest BCUT2D eigenvalue weighted by atomic mass is 32.2. The Hall–Kier alpha value is -1.26. The molecular formula is C15H14O2S2. The zero-order valence-corrected chi connectivity index (χ0v) is 12.3. The minimum absolute atomic E-state index is 0.0150. The van der Waals surface area contributed by atoms with E-state index < -0.39 is 0 Å². The van der Waals surface area contributed by atoms with Crippen LogP contribution in [0.4, 0.5) is 0 Å². The lowest BCUT2D eigenvalue weighted by Gasteiger charge is -2.23. The molecule has 0 bridgehead atoms. The lowest BCUT2D eigenvalue weighted by atomic mass is 10.0. The molecule has 0 fully saturated rings. The highest BCUT2D eigenvalue weighted by Crippen LogP contribution is 2.54. The molecule has 0 aliphatic carbocycles. The largest absolute Gasteiger partial charge is 0.504 e. The Kier molecular flexibility index (Phi) is 3.15. The maximum absolute atomic E-state index is 10.1. The van der Waals surface area contributed by atoms with Crippen LogP contribution in [0.2, 0.25) is 0 Å². The smallest absolute Gasteiger partial charge is 0.162 e. The molecule has 0 saturated carbocycles. The van der Waals surface area contributed by atoms with Crippen molar-refractivity contribution in [3.8, 4) is 11.5 Å². The third kappa shape index (κ3) is 2.09. The number of aromatic hydroxyl groups is 2. The van der Waals surface area contributed by atoms with Gasteiger partial charge in [0.15, 0.2) is 11.5 Å². The van der Waals surface area contributed by atoms with Gasteiger partial charge >= 0.3 is 0 Å². The molecule has 1 aliphatic rings. The normalized spacial score (nSPS) is 13.2. The number of rotatable bonds is 1. The van der Waals surface area contributed by atoms with Crippen LogP contribution in [0.15, 0.2) is 49.9 Å². The van der Waals surface area contributed by atoms with Crippen molar-refractivity contribution >= 4 is 23.5 Å². The summed E-state index contributed by atoms with van der Waals surface area (Å²) >= 11 is 3.31. The monoisotopic (exact) mass is 290 g/mol. The minimum atomic E-state index is -0.0325. The van der Waals surface area contributed by atoms with Crippen LogP contribution >= 0.6 is 23.5 Å². The first-order valence-electron chi connectivity index (χ1n) is 6.11. The number of phenols is 2. The lowest BCUT2D eigenvalue weighted by molar-refractivity contribution is 0.393. The van der Waals surface area contributed by atoms with E-state index >= 15 is 0 Å². The number of hydrogen-bond acceptors (Lipinski definition) is 4. The number of phenolic OH excluding ortho intramolecular Hbond substituents is 2. The maximum Gasteiger partial charge on any atom is 0.162 e. The van der Waals surface area contributed by atoms with Gasteiger partial charge in [-0.15, -0.1) is 0 Å². The summed E-state index contributed by atoms with van der Waals surface area (Å²) in [7, 11) is 0. The molecule has 4 heteroatoms. The predicted molar refractivity (Wildman–Crippen MR) is 78.5 cm³/mol. The Morgan fingerprint density at radius 2 is 1.58 bits per heavy atom. The molecule has 0 radical (unpaired) electrons. The zero-order valence-electron chi connectivity index (χ0n) is 10.7. The van der Waals surface area contributed by atoms with Crippen LogP contribution in [0, 0.1) is 0 Å². The van der Waals surface area contributed by atoms with Crippen LogP contribution in [0.3, 0.4) is 0 Å². The van der Waals surface area contributed by atoms with Crippen LogP contribution in [0.25, 0.3) is 0 Å². The summed E-state index contributed by atoms with van der Waals surface area (Å²) in [5.74, 6) is 0.148. The molecule has 0 aromatic heterocycles. The van der Waals surface area contributed by atoms with Gasteiger partial charge < -0.3 is 10.2 Å². The highest BCUT2D eigenvalue weighted by molar-refractivity contribution is 8.05. The first-order chi connectivity index (χ1) is 9.08. The molecule has 2 N–H and O–H groups in total. The van der Waals surface area contributed by atoms with E-state index in [1.807, 2.05) is 26.0 Å². The Balaban J connectivity index is 2.20. The van der Waals surface area contributed by atoms with Crippen molar-refractivity contribution in [3.63, 3.8) is 0 Å². The first-order valence-corrected chi connectivity index (χ1v) is 7.74. The van der Waals surface area contributed by atoms with E-state index in [-0.39, 0.29) is 17.4 Å². The van der Waals surface area contributed by atoms with Crippen molar-refractivity contribution < 1.29 is 10.2 Å². The average molecular weight is 290 g/mol. The molecule has 2 aromatic carbocycles. The first kappa shape index (κ1) is 12.8. The number of hydrogen-bond donors (Lipinski definition) is 2. The van der Waals surface area contributed by atoms with Crippen LogP contribution in [0.1, 0.15) is 25.3 Å². The molecule has 1 aliphatic heterocycles. The Morgan fingerprint density at radius 3 is 2.21 bits per heavy atom. The molecule has 0 unspecified atom stereocenters. The van der Waals surface area contributed by atoms with Crippen LogP contribution in [-0.2, 0) is 0 Å². The molecule has 0 atom stereocenters. The summed E-state index contributed by atoms with van der Waals surface area (Å²) in [4.78, 5) is 4.48. The van der Waals surface area contributed by atoms with Crippen molar-refractivity contribution in [3.05, 3.63) is 35.9 Å². The minimum Gasteiger partial charge on any atom is -0.504 e. The van der Waals surface area contributed by atoms with E-state index in [4.69, 9.17) is 0 Å². The highest BCUT2D eigenvalue weighted by Gasteiger charge is 2.25. The van der Waals surface area contributed by atoms with E-state index in [2.05, 4.69) is 12.1 Å². The molecular weight excluding hydrogens is 276 g/mol. The second-order valence-corrected chi connectivity index (χ2v) is 6.93. The van der Waals surface area contributed by atoms with Crippen molar-refractivity contribution in [1.29, 1.82) is 0 Å². The average Bonchev–Trinajstić information content (AvgIpc) is 2.37. The van der Waals surface area contributed by atoms with Crippen LogP contribution in [0.5, 0.6) is 11.5 Å².